The summed E-state index contributed by atoms with van der Waals surface area (Å²) in [5.41, 5.74) is 0.564. The number of benzene rings is 1. The SMILES string of the molecule is CCC1CCC(NC(=O)C(O)c2cccc(OC)c2)CC1. The molecule has 1 unspecified atom stereocenters. The van der Waals surface area contributed by atoms with Crippen LogP contribution in [0.5, 0.6) is 5.75 Å². The highest BCUT2D eigenvalue weighted by molar-refractivity contribution is 5.82. The van der Waals surface area contributed by atoms with Crippen LogP contribution in [0.1, 0.15) is 50.7 Å². The summed E-state index contributed by atoms with van der Waals surface area (Å²) < 4.78 is 5.12. The van der Waals surface area contributed by atoms with Gasteiger partial charge in [0, 0.05) is 6.04 Å². The molecular formula is C17H25NO3. The third-order valence-corrected chi connectivity index (χ3v) is 4.43. The second-order valence-electron chi connectivity index (χ2n) is 5.81. The molecule has 0 heterocycles. The lowest BCUT2D eigenvalue weighted by Crippen LogP contribution is -2.40. The van der Waals surface area contributed by atoms with Gasteiger partial charge in [-0.05, 0) is 49.3 Å². The zero-order valence-corrected chi connectivity index (χ0v) is 12.8. The average molecular weight is 291 g/mol. The van der Waals surface area contributed by atoms with E-state index in [4.69, 9.17) is 4.74 Å². The van der Waals surface area contributed by atoms with Gasteiger partial charge in [-0.1, -0.05) is 25.5 Å². The van der Waals surface area contributed by atoms with E-state index in [1.165, 1.54) is 6.42 Å². The molecule has 2 rings (SSSR count). The highest BCUT2D eigenvalue weighted by atomic mass is 16.5. The average Bonchev–Trinajstić information content (AvgIpc) is 2.54. The maximum atomic E-state index is 12.2. The van der Waals surface area contributed by atoms with Gasteiger partial charge in [0.1, 0.15) is 5.75 Å². The predicted octanol–water partition coefficient (Wildman–Crippen LogP) is 2.81. The van der Waals surface area contributed by atoms with Gasteiger partial charge in [-0.3, -0.25) is 4.79 Å². The van der Waals surface area contributed by atoms with Crippen molar-refractivity contribution in [3.63, 3.8) is 0 Å². The third kappa shape index (κ3) is 4.21. The van der Waals surface area contributed by atoms with Crippen LogP contribution >= 0.6 is 0 Å². The van der Waals surface area contributed by atoms with Crippen LogP contribution in [0.25, 0.3) is 0 Å². The summed E-state index contributed by atoms with van der Waals surface area (Å²) in [4.78, 5) is 12.2. The number of aliphatic hydroxyl groups is 1. The van der Waals surface area contributed by atoms with E-state index in [9.17, 15) is 9.90 Å². The van der Waals surface area contributed by atoms with Crippen molar-refractivity contribution in [1.29, 1.82) is 0 Å². The highest BCUT2D eigenvalue weighted by Gasteiger charge is 2.24. The van der Waals surface area contributed by atoms with Gasteiger partial charge < -0.3 is 15.2 Å². The summed E-state index contributed by atoms with van der Waals surface area (Å²) in [5, 5.41) is 13.1. The van der Waals surface area contributed by atoms with Crippen molar-refractivity contribution >= 4 is 5.91 Å². The maximum absolute atomic E-state index is 12.2. The molecule has 0 radical (unpaired) electrons. The van der Waals surface area contributed by atoms with Crippen molar-refractivity contribution in [3.05, 3.63) is 29.8 Å². The van der Waals surface area contributed by atoms with Crippen LogP contribution in [-0.4, -0.2) is 24.2 Å². The first-order valence-corrected chi connectivity index (χ1v) is 7.76. The Balaban J connectivity index is 1.90. The van der Waals surface area contributed by atoms with Crippen LogP contribution in [0.15, 0.2) is 24.3 Å². The van der Waals surface area contributed by atoms with E-state index >= 15 is 0 Å². The van der Waals surface area contributed by atoms with Crippen LogP contribution in [0, 0.1) is 5.92 Å². The monoisotopic (exact) mass is 291 g/mol. The smallest absolute Gasteiger partial charge is 0.253 e. The molecule has 0 bridgehead atoms. The fourth-order valence-corrected chi connectivity index (χ4v) is 2.96. The molecule has 1 aliphatic carbocycles. The molecule has 4 heteroatoms. The summed E-state index contributed by atoms with van der Waals surface area (Å²) in [7, 11) is 1.57. The zero-order chi connectivity index (χ0) is 15.2. The Kier molecular flexibility index (Phi) is 5.62. The molecule has 21 heavy (non-hydrogen) atoms. The molecule has 1 atom stereocenters. The summed E-state index contributed by atoms with van der Waals surface area (Å²) in [6.07, 6.45) is 4.42. The number of hydrogen-bond donors (Lipinski definition) is 2. The lowest BCUT2D eigenvalue weighted by atomic mass is 9.84. The molecule has 4 nitrogen and oxygen atoms in total. The summed E-state index contributed by atoms with van der Waals surface area (Å²) in [6.45, 7) is 2.22. The second kappa shape index (κ2) is 7.46. The van der Waals surface area contributed by atoms with Crippen molar-refractivity contribution in [3.8, 4) is 5.75 Å². The lowest BCUT2D eigenvalue weighted by molar-refractivity contribution is -0.130. The third-order valence-electron chi connectivity index (χ3n) is 4.43. The van der Waals surface area contributed by atoms with Crippen molar-refractivity contribution in [1.82, 2.24) is 5.32 Å². The Morgan fingerprint density at radius 3 is 2.71 bits per heavy atom. The number of methoxy groups -OCH3 is 1. The summed E-state index contributed by atoms with van der Waals surface area (Å²) in [5.74, 6) is 1.12. The fourth-order valence-electron chi connectivity index (χ4n) is 2.96. The van der Waals surface area contributed by atoms with E-state index in [2.05, 4.69) is 12.2 Å². The number of nitrogens with one attached hydrogen (secondary N) is 1. The number of amides is 1. The predicted molar refractivity (Wildman–Crippen MR) is 82.1 cm³/mol. The number of ether oxygens (including phenoxy) is 1. The van der Waals surface area contributed by atoms with Crippen LogP contribution < -0.4 is 10.1 Å². The zero-order valence-electron chi connectivity index (χ0n) is 12.8. The molecule has 1 amide bonds. The Hall–Kier alpha value is -1.55. The highest BCUT2D eigenvalue weighted by Crippen LogP contribution is 2.27. The van der Waals surface area contributed by atoms with Gasteiger partial charge >= 0.3 is 0 Å². The van der Waals surface area contributed by atoms with Gasteiger partial charge in [0.2, 0.25) is 0 Å². The van der Waals surface area contributed by atoms with Crippen molar-refractivity contribution in [2.75, 3.05) is 7.11 Å². The molecule has 0 aliphatic heterocycles. The topological polar surface area (TPSA) is 58.6 Å². The standard InChI is InChI=1S/C17H25NO3/c1-3-12-7-9-14(10-8-12)18-17(20)16(19)13-5-4-6-15(11-13)21-2/h4-6,11-12,14,16,19H,3,7-10H2,1-2H3,(H,18,20). The minimum Gasteiger partial charge on any atom is -0.497 e. The normalized spacial score (nSPS) is 23.4. The molecule has 0 saturated heterocycles. The summed E-state index contributed by atoms with van der Waals surface area (Å²) >= 11 is 0. The molecule has 1 aromatic carbocycles. The number of rotatable bonds is 5. The van der Waals surface area contributed by atoms with Gasteiger partial charge in [0.15, 0.2) is 6.10 Å². The molecule has 116 valence electrons. The fraction of sp³-hybridized carbons (Fsp3) is 0.588. The van der Waals surface area contributed by atoms with E-state index in [0.29, 0.717) is 11.3 Å². The maximum Gasteiger partial charge on any atom is 0.253 e. The van der Waals surface area contributed by atoms with Crippen LogP contribution in [0.2, 0.25) is 0 Å². The van der Waals surface area contributed by atoms with E-state index in [-0.39, 0.29) is 11.9 Å². The summed E-state index contributed by atoms with van der Waals surface area (Å²) in [6, 6.07) is 7.19. The first kappa shape index (κ1) is 15.8. The van der Waals surface area contributed by atoms with Gasteiger partial charge in [-0.2, -0.15) is 0 Å². The van der Waals surface area contributed by atoms with Gasteiger partial charge in [-0.15, -0.1) is 0 Å². The van der Waals surface area contributed by atoms with Crippen molar-refractivity contribution in [2.24, 2.45) is 5.92 Å². The van der Waals surface area contributed by atoms with Crippen LogP contribution in [0.4, 0.5) is 0 Å². The Morgan fingerprint density at radius 1 is 1.38 bits per heavy atom. The van der Waals surface area contributed by atoms with E-state index in [0.717, 1.165) is 31.6 Å². The van der Waals surface area contributed by atoms with Gasteiger partial charge in [-0.25, -0.2) is 0 Å². The van der Waals surface area contributed by atoms with E-state index in [1.807, 2.05) is 0 Å². The number of aliphatic hydroxyl groups excluding tert-OH is 1. The van der Waals surface area contributed by atoms with Crippen LogP contribution in [0.3, 0.4) is 0 Å². The van der Waals surface area contributed by atoms with Crippen molar-refractivity contribution < 1.29 is 14.6 Å². The molecular weight excluding hydrogens is 266 g/mol. The van der Waals surface area contributed by atoms with E-state index < -0.39 is 6.10 Å². The molecule has 0 aromatic heterocycles. The Bertz CT molecular complexity index is 467. The minimum absolute atomic E-state index is 0.195. The van der Waals surface area contributed by atoms with Crippen LogP contribution in [-0.2, 0) is 4.79 Å². The van der Waals surface area contributed by atoms with Gasteiger partial charge in [0.25, 0.3) is 5.91 Å². The molecule has 0 spiro atoms. The minimum atomic E-state index is -1.14. The second-order valence-corrected chi connectivity index (χ2v) is 5.81. The molecule has 1 fully saturated rings. The molecule has 1 aromatic rings. The molecule has 1 saturated carbocycles. The van der Waals surface area contributed by atoms with E-state index in [1.54, 1.807) is 31.4 Å². The quantitative estimate of drug-likeness (QED) is 0.877. The first-order chi connectivity index (χ1) is 10.1. The number of carbonyl (C=O) groups excluding carboxylic acids is 1. The number of hydrogen-bond acceptors (Lipinski definition) is 3. The van der Waals surface area contributed by atoms with Gasteiger partial charge in [0.05, 0.1) is 7.11 Å². The molecule has 1 aliphatic rings. The molecule has 2 N–H and O–H groups in total. The lowest BCUT2D eigenvalue weighted by Gasteiger charge is -2.29. The number of carbonyl (C=O) groups is 1. The van der Waals surface area contributed by atoms with Crippen molar-refractivity contribution in [2.45, 2.75) is 51.2 Å². The Morgan fingerprint density at radius 2 is 2.10 bits per heavy atom. The Labute approximate surface area is 126 Å². The first-order valence-electron chi connectivity index (χ1n) is 7.76. The largest absolute Gasteiger partial charge is 0.497 e.